The second-order valence-corrected chi connectivity index (χ2v) is 7.50. The van der Waals surface area contributed by atoms with Gasteiger partial charge in [-0.2, -0.15) is 0 Å². The van der Waals surface area contributed by atoms with E-state index in [-0.39, 0.29) is 5.91 Å². The molecular formula is C22H20N6O. The number of hydrogen-bond donors (Lipinski definition) is 1. The minimum absolute atomic E-state index is 0.182. The number of carbonyl (C=O) groups is 1. The first-order valence-corrected chi connectivity index (χ1v) is 9.43. The Hall–Kier alpha value is -3.58. The van der Waals surface area contributed by atoms with Crippen molar-refractivity contribution in [3.63, 3.8) is 0 Å². The minimum Gasteiger partial charge on any atom is -0.334 e. The summed E-state index contributed by atoms with van der Waals surface area (Å²) in [5.74, 6) is 0.251. The zero-order valence-electron chi connectivity index (χ0n) is 16.3. The third kappa shape index (κ3) is 3.25. The summed E-state index contributed by atoms with van der Waals surface area (Å²) in [7, 11) is 4.03. The van der Waals surface area contributed by atoms with Gasteiger partial charge in [-0.3, -0.25) is 9.69 Å². The molecule has 3 heterocycles. The normalized spacial score (nSPS) is 13.6. The zero-order chi connectivity index (χ0) is 20.0. The molecule has 144 valence electrons. The highest BCUT2D eigenvalue weighted by molar-refractivity contribution is 6.04. The Bertz CT molecular complexity index is 1250. The number of imidazole rings is 1. The number of aromatic nitrogens is 4. The van der Waals surface area contributed by atoms with Crippen molar-refractivity contribution in [1.29, 1.82) is 0 Å². The molecule has 0 aliphatic carbocycles. The molecule has 4 aromatic rings. The fourth-order valence-electron chi connectivity index (χ4n) is 3.80. The van der Waals surface area contributed by atoms with Crippen LogP contribution >= 0.6 is 0 Å². The average molecular weight is 384 g/mol. The molecule has 2 aromatic heterocycles. The van der Waals surface area contributed by atoms with Gasteiger partial charge in [0.25, 0.3) is 5.91 Å². The molecule has 0 spiro atoms. The Balaban J connectivity index is 1.42. The van der Waals surface area contributed by atoms with E-state index in [0.717, 1.165) is 35.2 Å². The van der Waals surface area contributed by atoms with Gasteiger partial charge in [-0.15, -0.1) is 10.2 Å². The highest BCUT2D eigenvalue weighted by Crippen LogP contribution is 2.25. The van der Waals surface area contributed by atoms with Crippen LogP contribution in [0.25, 0.3) is 22.2 Å². The zero-order valence-corrected chi connectivity index (χ0v) is 16.3. The van der Waals surface area contributed by atoms with Crippen molar-refractivity contribution < 1.29 is 4.79 Å². The van der Waals surface area contributed by atoms with Gasteiger partial charge >= 0.3 is 0 Å². The molecular weight excluding hydrogens is 364 g/mol. The minimum atomic E-state index is -0.182. The first-order chi connectivity index (χ1) is 14.1. The Morgan fingerprint density at radius 3 is 2.69 bits per heavy atom. The van der Waals surface area contributed by atoms with E-state index < -0.39 is 0 Å². The molecule has 1 amide bonds. The summed E-state index contributed by atoms with van der Waals surface area (Å²) in [6.45, 7) is 1.79. The highest BCUT2D eigenvalue weighted by Gasteiger charge is 2.18. The van der Waals surface area contributed by atoms with Crippen LogP contribution in [-0.2, 0) is 20.1 Å². The van der Waals surface area contributed by atoms with E-state index in [1.807, 2.05) is 60.3 Å². The van der Waals surface area contributed by atoms with Gasteiger partial charge in [0.1, 0.15) is 0 Å². The Morgan fingerprint density at radius 2 is 1.86 bits per heavy atom. The van der Waals surface area contributed by atoms with Gasteiger partial charge in [0.15, 0.2) is 5.82 Å². The summed E-state index contributed by atoms with van der Waals surface area (Å²) in [6, 6.07) is 13.6. The number of nitrogens with zero attached hydrogens (tertiary/aromatic N) is 5. The molecule has 1 aliphatic heterocycles. The van der Waals surface area contributed by atoms with Crippen molar-refractivity contribution in [3.8, 4) is 11.3 Å². The third-order valence-electron chi connectivity index (χ3n) is 5.29. The molecule has 1 aliphatic rings. The lowest BCUT2D eigenvalue weighted by atomic mass is 10.1. The van der Waals surface area contributed by atoms with Gasteiger partial charge in [0, 0.05) is 36.7 Å². The maximum atomic E-state index is 12.7. The molecule has 5 rings (SSSR count). The van der Waals surface area contributed by atoms with Crippen LogP contribution < -0.4 is 5.32 Å². The summed E-state index contributed by atoms with van der Waals surface area (Å²) >= 11 is 0. The number of benzene rings is 2. The Kier molecular flexibility index (Phi) is 4.10. The third-order valence-corrected chi connectivity index (χ3v) is 5.29. The lowest BCUT2D eigenvalue weighted by molar-refractivity contribution is 0.102. The van der Waals surface area contributed by atoms with E-state index in [0.29, 0.717) is 11.4 Å². The molecule has 7 heteroatoms. The van der Waals surface area contributed by atoms with Crippen molar-refractivity contribution in [2.24, 2.45) is 7.05 Å². The van der Waals surface area contributed by atoms with Crippen molar-refractivity contribution in [2.45, 2.75) is 13.1 Å². The summed E-state index contributed by atoms with van der Waals surface area (Å²) in [6.07, 6.45) is 3.59. The number of aryl methyl sites for hydroxylation is 1. The fourth-order valence-corrected chi connectivity index (χ4v) is 3.80. The van der Waals surface area contributed by atoms with Crippen molar-refractivity contribution >= 4 is 22.6 Å². The molecule has 0 bridgehead atoms. The number of amides is 1. The molecule has 0 atom stereocenters. The summed E-state index contributed by atoms with van der Waals surface area (Å²) < 4.78 is 1.96. The lowest BCUT2D eigenvalue weighted by Crippen LogP contribution is -2.13. The molecule has 1 N–H and O–H groups in total. The van der Waals surface area contributed by atoms with E-state index in [1.54, 1.807) is 6.33 Å². The maximum absolute atomic E-state index is 12.7. The van der Waals surface area contributed by atoms with Crippen molar-refractivity contribution in [1.82, 2.24) is 24.6 Å². The van der Waals surface area contributed by atoms with Crippen LogP contribution in [0.4, 0.5) is 5.82 Å². The van der Waals surface area contributed by atoms with Crippen LogP contribution in [-0.4, -0.2) is 37.6 Å². The number of fused-ring (bicyclic) bond motifs is 2. The van der Waals surface area contributed by atoms with Crippen LogP contribution in [0, 0.1) is 0 Å². The predicted octanol–water partition coefficient (Wildman–Crippen LogP) is 3.23. The van der Waals surface area contributed by atoms with Gasteiger partial charge in [-0.1, -0.05) is 12.1 Å². The first kappa shape index (κ1) is 17.5. The summed E-state index contributed by atoms with van der Waals surface area (Å²) in [5.41, 5.74) is 5.92. The predicted molar refractivity (Wildman–Crippen MR) is 111 cm³/mol. The van der Waals surface area contributed by atoms with Crippen LogP contribution in [0.3, 0.4) is 0 Å². The summed E-state index contributed by atoms with van der Waals surface area (Å²) in [5, 5.41) is 12.2. The van der Waals surface area contributed by atoms with Gasteiger partial charge in [0.2, 0.25) is 0 Å². The second kappa shape index (κ2) is 6.79. The number of nitrogens with one attached hydrogen (secondary N) is 1. The Morgan fingerprint density at radius 1 is 1.00 bits per heavy atom. The van der Waals surface area contributed by atoms with Crippen LogP contribution in [0.15, 0.2) is 55.0 Å². The molecule has 0 fully saturated rings. The molecule has 7 nitrogen and oxygen atoms in total. The lowest BCUT2D eigenvalue weighted by Gasteiger charge is -2.08. The standard InChI is InChI=1S/C22H20N6O/c1-27-11-16-4-3-15(8-18(16)12-27)22(29)24-21-9-17-7-14(5-6-19(17)25-26-21)20-10-23-13-28(20)2/h3-10,13H,11-12H2,1-2H3,(H,24,26,29). The van der Waals surface area contributed by atoms with Gasteiger partial charge in [0.05, 0.1) is 23.7 Å². The first-order valence-electron chi connectivity index (χ1n) is 9.43. The number of hydrogen-bond acceptors (Lipinski definition) is 5. The molecule has 2 aromatic carbocycles. The molecule has 0 saturated carbocycles. The Labute approximate surface area is 168 Å². The van der Waals surface area contributed by atoms with E-state index >= 15 is 0 Å². The largest absolute Gasteiger partial charge is 0.334 e. The highest BCUT2D eigenvalue weighted by atomic mass is 16.1. The van der Waals surface area contributed by atoms with Crippen molar-refractivity contribution in [2.75, 3.05) is 12.4 Å². The van der Waals surface area contributed by atoms with Gasteiger partial charge in [-0.25, -0.2) is 4.98 Å². The monoisotopic (exact) mass is 384 g/mol. The molecule has 29 heavy (non-hydrogen) atoms. The fraction of sp³-hybridized carbons (Fsp3) is 0.182. The van der Waals surface area contributed by atoms with Crippen molar-refractivity contribution in [3.05, 3.63) is 71.7 Å². The second-order valence-electron chi connectivity index (χ2n) is 7.50. The quantitative estimate of drug-likeness (QED) is 0.587. The maximum Gasteiger partial charge on any atom is 0.256 e. The van der Waals surface area contributed by atoms with E-state index in [9.17, 15) is 4.79 Å². The topological polar surface area (TPSA) is 75.9 Å². The van der Waals surface area contributed by atoms with E-state index in [1.165, 1.54) is 11.1 Å². The van der Waals surface area contributed by atoms with E-state index in [4.69, 9.17) is 0 Å². The number of carbonyl (C=O) groups excluding carboxylic acids is 1. The smallest absolute Gasteiger partial charge is 0.256 e. The summed E-state index contributed by atoms with van der Waals surface area (Å²) in [4.78, 5) is 19.1. The molecule has 0 unspecified atom stereocenters. The van der Waals surface area contributed by atoms with Gasteiger partial charge < -0.3 is 9.88 Å². The average Bonchev–Trinajstić information content (AvgIpc) is 3.31. The SMILES string of the molecule is CN1Cc2ccc(C(=O)Nc3cc4cc(-c5cncn5C)ccc4nn3)cc2C1. The van der Waals surface area contributed by atoms with Crippen LogP contribution in [0.2, 0.25) is 0 Å². The van der Waals surface area contributed by atoms with Gasteiger partial charge in [-0.05, 0) is 48.5 Å². The number of anilines is 1. The van der Waals surface area contributed by atoms with Crippen LogP contribution in [0.1, 0.15) is 21.5 Å². The van der Waals surface area contributed by atoms with E-state index in [2.05, 4.69) is 32.4 Å². The molecule has 0 saturated heterocycles. The van der Waals surface area contributed by atoms with Crippen LogP contribution in [0.5, 0.6) is 0 Å². The molecule has 0 radical (unpaired) electrons. The number of rotatable bonds is 3.